The zero-order valence-corrected chi connectivity index (χ0v) is 10.4. The highest BCUT2D eigenvalue weighted by molar-refractivity contribution is 5.51. The van der Waals surface area contributed by atoms with Crippen LogP contribution in [0.25, 0.3) is 11.4 Å². The van der Waals surface area contributed by atoms with Crippen molar-refractivity contribution in [2.75, 3.05) is 6.54 Å². The maximum atomic E-state index is 5.36. The van der Waals surface area contributed by atoms with Gasteiger partial charge in [0.25, 0.3) is 0 Å². The molecule has 0 saturated carbocycles. The smallest absolute Gasteiger partial charge is 0.244 e. The fourth-order valence-electron chi connectivity index (χ4n) is 2.44. The van der Waals surface area contributed by atoms with Crippen LogP contribution < -0.4 is 5.32 Å². The van der Waals surface area contributed by atoms with Gasteiger partial charge in [-0.1, -0.05) is 18.5 Å². The van der Waals surface area contributed by atoms with Gasteiger partial charge in [0.2, 0.25) is 11.7 Å². The van der Waals surface area contributed by atoms with Gasteiger partial charge in [-0.3, -0.25) is 0 Å². The Kier molecular flexibility index (Phi) is 3.15. The molecule has 2 unspecified atom stereocenters. The second-order valence-corrected chi connectivity index (χ2v) is 4.77. The quantitative estimate of drug-likeness (QED) is 0.903. The highest BCUT2D eigenvalue weighted by Crippen LogP contribution is 2.29. The fraction of sp³-hybridized carbons (Fsp3) is 0.538. The van der Waals surface area contributed by atoms with Crippen molar-refractivity contribution in [3.05, 3.63) is 24.5 Å². The molecule has 1 aliphatic rings. The summed E-state index contributed by atoms with van der Waals surface area (Å²) in [6.07, 6.45) is 6.75. The third-order valence-electron chi connectivity index (χ3n) is 3.61. The molecule has 2 aromatic heterocycles. The van der Waals surface area contributed by atoms with Gasteiger partial charge in [0.15, 0.2) is 0 Å². The number of hydrogen-bond acceptors (Lipinski definition) is 5. The number of rotatable bonds is 3. The van der Waals surface area contributed by atoms with Crippen molar-refractivity contribution in [3.63, 3.8) is 0 Å². The van der Waals surface area contributed by atoms with Gasteiger partial charge in [-0.25, -0.2) is 0 Å². The van der Waals surface area contributed by atoms with E-state index < -0.39 is 0 Å². The molecule has 1 saturated heterocycles. The lowest BCUT2D eigenvalue weighted by Gasteiger charge is -2.27. The Morgan fingerprint density at radius 3 is 3.22 bits per heavy atom. The molecule has 2 atom stereocenters. The third-order valence-corrected chi connectivity index (χ3v) is 3.61. The number of nitrogens with zero attached hydrogens (tertiary/aromatic N) is 2. The predicted molar refractivity (Wildman–Crippen MR) is 65.8 cm³/mol. The zero-order valence-electron chi connectivity index (χ0n) is 10.4. The number of aromatic nitrogens is 2. The monoisotopic (exact) mass is 247 g/mol. The van der Waals surface area contributed by atoms with E-state index in [1.54, 1.807) is 12.5 Å². The Labute approximate surface area is 106 Å². The van der Waals surface area contributed by atoms with Crippen LogP contribution in [0.5, 0.6) is 0 Å². The fourth-order valence-corrected chi connectivity index (χ4v) is 2.44. The van der Waals surface area contributed by atoms with E-state index in [1.165, 1.54) is 12.8 Å². The molecule has 96 valence electrons. The highest BCUT2D eigenvalue weighted by Gasteiger charge is 2.26. The summed E-state index contributed by atoms with van der Waals surface area (Å²) in [5.41, 5.74) is 0.854. The molecular weight excluding hydrogens is 230 g/mol. The molecule has 0 spiro atoms. The van der Waals surface area contributed by atoms with Gasteiger partial charge >= 0.3 is 0 Å². The number of hydrogen-bond donors (Lipinski definition) is 1. The first-order valence-electron chi connectivity index (χ1n) is 6.46. The standard InChI is InChI=1S/C13H17N3O2/c1-2-9-3-5-14-11(7-9)13-15-12(16-18-13)10-4-6-17-8-10/h4,6,8-9,11,14H,2-3,5,7H2,1H3. The molecule has 0 radical (unpaired) electrons. The van der Waals surface area contributed by atoms with Gasteiger partial charge in [0.05, 0.1) is 17.9 Å². The van der Waals surface area contributed by atoms with Crippen LogP contribution in [0.1, 0.15) is 38.1 Å². The molecule has 5 nitrogen and oxygen atoms in total. The summed E-state index contributed by atoms with van der Waals surface area (Å²) in [5, 5.41) is 7.44. The Balaban J connectivity index is 1.77. The van der Waals surface area contributed by atoms with Crippen LogP contribution in [0, 0.1) is 5.92 Å². The molecule has 0 aliphatic carbocycles. The van der Waals surface area contributed by atoms with Crippen molar-refractivity contribution in [2.45, 2.75) is 32.2 Å². The summed E-state index contributed by atoms with van der Waals surface area (Å²) in [5.74, 6) is 2.03. The second kappa shape index (κ2) is 4.94. The van der Waals surface area contributed by atoms with Gasteiger partial charge in [-0.2, -0.15) is 4.98 Å². The molecular formula is C13H17N3O2. The van der Waals surface area contributed by atoms with E-state index >= 15 is 0 Å². The topological polar surface area (TPSA) is 64.1 Å². The van der Waals surface area contributed by atoms with E-state index in [1.807, 2.05) is 6.07 Å². The molecule has 1 fully saturated rings. The first-order chi connectivity index (χ1) is 8.86. The summed E-state index contributed by atoms with van der Waals surface area (Å²) in [4.78, 5) is 4.44. The van der Waals surface area contributed by atoms with Crippen molar-refractivity contribution < 1.29 is 8.94 Å². The van der Waals surface area contributed by atoms with Crippen LogP contribution in [0.2, 0.25) is 0 Å². The zero-order chi connectivity index (χ0) is 12.4. The van der Waals surface area contributed by atoms with E-state index in [0.29, 0.717) is 11.7 Å². The van der Waals surface area contributed by atoms with Gasteiger partial charge in [-0.15, -0.1) is 0 Å². The minimum Gasteiger partial charge on any atom is -0.472 e. The maximum Gasteiger partial charge on any atom is 0.244 e. The van der Waals surface area contributed by atoms with E-state index in [2.05, 4.69) is 22.4 Å². The Morgan fingerprint density at radius 1 is 1.50 bits per heavy atom. The molecule has 0 bridgehead atoms. The summed E-state index contributed by atoms with van der Waals surface area (Å²) in [6.45, 7) is 3.25. The minimum absolute atomic E-state index is 0.192. The van der Waals surface area contributed by atoms with Gasteiger partial charge in [-0.05, 0) is 31.4 Å². The van der Waals surface area contributed by atoms with E-state index in [9.17, 15) is 0 Å². The van der Waals surface area contributed by atoms with Crippen LogP contribution in [0.15, 0.2) is 27.5 Å². The number of piperidine rings is 1. The van der Waals surface area contributed by atoms with Crippen molar-refractivity contribution in [1.29, 1.82) is 0 Å². The lowest BCUT2D eigenvalue weighted by atomic mass is 9.90. The molecule has 3 rings (SSSR count). The number of nitrogens with one attached hydrogen (secondary N) is 1. The first-order valence-corrected chi connectivity index (χ1v) is 6.46. The summed E-state index contributed by atoms with van der Waals surface area (Å²) < 4.78 is 10.4. The molecule has 0 amide bonds. The van der Waals surface area contributed by atoms with Crippen LogP contribution >= 0.6 is 0 Å². The SMILES string of the molecule is CCC1CCNC(c2nc(-c3ccoc3)no2)C1. The Morgan fingerprint density at radius 2 is 2.44 bits per heavy atom. The van der Waals surface area contributed by atoms with Crippen LogP contribution in [-0.4, -0.2) is 16.7 Å². The third kappa shape index (κ3) is 2.18. The molecule has 18 heavy (non-hydrogen) atoms. The van der Waals surface area contributed by atoms with Crippen molar-refractivity contribution in [3.8, 4) is 11.4 Å². The second-order valence-electron chi connectivity index (χ2n) is 4.77. The molecule has 2 aromatic rings. The lowest BCUT2D eigenvalue weighted by Crippen LogP contribution is -2.31. The predicted octanol–water partition coefficient (Wildman–Crippen LogP) is 2.78. The summed E-state index contributed by atoms with van der Waals surface area (Å²) >= 11 is 0. The largest absolute Gasteiger partial charge is 0.472 e. The lowest BCUT2D eigenvalue weighted by molar-refractivity contribution is 0.246. The molecule has 1 N–H and O–H groups in total. The maximum absolute atomic E-state index is 5.36. The molecule has 0 aromatic carbocycles. The van der Waals surface area contributed by atoms with Crippen molar-refractivity contribution in [2.24, 2.45) is 5.92 Å². The van der Waals surface area contributed by atoms with Crippen molar-refractivity contribution in [1.82, 2.24) is 15.5 Å². The van der Waals surface area contributed by atoms with Gasteiger partial charge in [0.1, 0.15) is 6.26 Å². The minimum atomic E-state index is 0.192. The average Bonchev–Trinajstić information content (AvgIpc) is 3.09. The summed E-state index contributed by atoms with van der Waals surface area (Å²) in [6, 6.07) is 2.02. The van der Waals surface area contributed by atoms with E-state index in [4.69, 9.17) is 8.94 Å². The Bertz CT molecular complexity index is 492. The average molecular weight is 247 g/mol. The van der Waals surface area contributed by atoms with Crippen LogP contribution in [0.3, 0.4) is 0 Å². The molecule has 3 heterocycles. The number of furan rings is 1. The normalized spacial score (nSPS) is 24.3. The molecule has 1 aliphatic heterocycles. The van der Waals surface area contributed by atoms with Crippen molar-refractivity contribution >= 4 is 0 Å². The summed E-state index contributed by atoms with van der Waals surface area (Å²) in [7, 11) is 0. The molecule has 5 heteroatoms. The van der Waals surface area contributed by atoms with E-state index in [-0.39, 0.29) is 6.04 Å². The van der Waals surface area contributed by atoms with Gasteiger partial charge < -0.3 is 14.3 Å². The van der Waals surface area contributed by atoms with Gasteiger partial charge in [0, 0.05) is 0 Å². The van der Waals surface area contributed by atoms with Crippen LogP contribution in [0.4, 0.5) is 0 Å². The van der Waals surface area contributed by atoms with Crippen LogP contribution in [-0.2, 0) is 0 Å². The van der Waals surface area contributed by atoms with E-state index in [0.717, 1.165) is 24.4 Å². The Hall–Kier alpha value is -1.62. The highest BCUT2D eigenvalue weighted by atomic mass is 16.5. The first kappa shape index (κ1) is 11.5.